The summed E-state index contributed by atoms with van der Waals surface area (Å²) >= 11 is 0. The summed E-state index contributed by atoms with van der Waals surface area (Å²) in [6.45, 7) is 4.65. The Hall–Kier alpha value is -3.72. The van der Waals surface area contributed by atoms with E-state index < -0.39 is 0 Å². The molecular weight excluding hydrogens is 399 g/mol. The van der Waals surface area contributed by atoms with Gasteiger partial charge < -0.3 is 24.7 Å². The zero-order valence-electron chi connectivity index (χ0n) is 16.9. The lowest BCUT2D eigenvalue weighted by atomic mass is 10.2. The van der Waals surface area contributed by atoms with Gasteiger partial charge in [-0.05, 0) is 48.9 Å². The van der Waals surface area contributed by atoms with Crippen LogP contribution < -0.4 is 15.0 Å². The summed E-state index contributed by atoms with van der Waals surface area (Å²) in [6, 6.07) is 13.9. The van der Waals surface area contributed by atoms with E-state index in [1.54, 1.807) is 0 Å². The van der Waals surface area contributed by atoms with Crippen molar-refractivity contribution in [3.05, 3.63) is 59.9 Å². The molecule has 8 nitrogen and oxygen atoms in total. The van der Waals surface area contributed by atoms with Crippen molar-refractivity contribution in [2.45, 2.75) is 6.92 Å². The zero-order chi connectivity index (χ0) is 21.2. The molecule has 0 atom stereocenters. The fourth-order valence-corrected chi connectivity index (χ4v) is 3.44. The third-order valence-corrected chi connectivity index (χ3v) is 4.93. The lowest BCUT2D eigenvalue weighted by molar-refractivity contribution is 0.122. The average molecular weight is 420 g/mol. The van der Waals surface area contributed by atoms with Gasteiger partial charge in [-0.15, -0.1) is 0 Å². The van der Waals surface area contributed by atoms with Crippen LogP contribution in [0.2, 0.25) is 0 Å². The highest BCUT2D eigenvalue weighted by Gasteiger charge is 2.21. The number of nitrogens with one attached hydrogen (secondary N) is 2. The molecule has 1 fully saturated rings. The number of aromatic nitrogens is 4. The Balaban J connectivity index is 1.52. The fraction of sp³-hybridized carbons (Fsp3) is 0.227. The molecule has 158 valence electrons. The van der Waals surface area contributed by atoms with Gasteiger partial charge in [0.1, 0.15) is 17.1 Å². The number of aromatic amines is 1. The van der Waals surface area contributed by atoms with E-state index in [4.69, 9.17) is 9.47 Å². The van der Waals surface area contributed by atoms with Gasteiger partial charge in [0.15, 0.2) is 11.5 Å². The molecule has 9 heteroatoms. The molecule has 0 bridgehead atoms. The first-order valence-electron chi connectivity index (χ1n) is 10.0. The van der Waals surface area contributed by atoms with Gasteiger partial charge >= 0.3 is 6.01 Å². The number of fused-ring (bicyclic) bond motifs is 1. The van der Waals surface area contributed by atoms with Crippen molar-refractivity contribution in [1.29, 1.82) is 0 Å². The summed E-state index contributed by atoms with van der Waals surface area (Å²) in [7, 11) is 0. The monoisotopic (exact) mass is 420 g/mol. The number of aryl methyl sites for hydroxylation is 1. The van der Waals surface area contributed by atoms with E-state index in [9.17, 15) is 4.39 Å². The number of nitrogens with zero attached hydrogens (tertiary/aromatic N) is 4. The van der Waals surface area contributed by atoms with Crippen molar-refractivity contribution >= 4 is 28.6 Å². The minimum Gasteiger partial charge on any atom is -0.424 e. The SMILES string of the molecule is Cc1cccc(Nc2nc3nc(Oc4ccc(F)cc4)nc(N4CCOCC4)c3[nH]2)c1. The Bertz CT molecular complexity index is 1200. The molecule has 2 N–H and O–H groups in total. The molecule has 3 heterocycles. The molecule has 1 saturated heterocycles. The van der Waals surface area contributed by atoms with Crippen LogP contribution in [0.5, 0.6) is 11.8 Å². The van der Waals surface area contributed by atoms with Crippen LogP contribution in [0.15, 0.2) is 48.5 Å². The zero-order valence-corrected chi connectivity index (χ0v) is 16.9. The van der Waals surface area contributed by atoms with Crippen LogP contribution in [0, 0.1) is 12.7 Å². The van der Waals surface area contributed by atoms with Gasteiger partial charge in [0.25, 0.3) is 0 Å². The summed E-state index contributed by atoms with van der Waals surface area (Å²) in [5.41, 5.74) is 3.25. The molecule has 31 heavy (non-hydrogen) atoms. The van der Waals surface area contributed by atoms with Crippen LogP contribution in [0.3, 0.4) is 0 Å². The minimum absolute atomic E-state index is 0.147. The van der Waals surface area contributed by atoms with Crippen molar-refractivity contribution in [1.82, 2.24) is 19.9 Å². The highest BCUT2D eigenvalue weighted by atomic mass is 19.1. The van der Waals surface area contributed by atoms with Crippen molar-refractivity contribution in [2.75, 3.05) is 36.5 Å². The number of hydrogen-bond acceptors (Lipinski definition) is 7. The first kappa shape index (κ1) is 19.3. The van der Waals surface area contributed by atoms with E-state index >= 15 is 0 Å². The Morgan fingerprint density at radius 2 is 1.87 bits per heavy atom. The summed E-state index contributed by atoms with van der Waals surface area (Å²) in [5, 5.41) is 3.28. The number of anilines is 3. The number of rotatable bonds is 5. The smallest absolute Gasteiger partial charge is 0.326 e. The molecule has 0 saturated carbocycles. The second-order valence-electron chi connectivity index (χ2n) is 7.26. The first-order valence-corrected chi connectivity index (χ1v) is 10.0. The molecule has 1 aliphatic rings. The largest absolute Gasteiger partial charge is 0.424 e. The molecule has 0 radical (unpaired) electrons. The number of morpholine rings is 1. The van der Waals surface area contributed by atoms with E-state index in [0.29, 0.717) is 55.0 Å². The predicted molar refractivity (Wildman–Crippen MR) is 116 cm³/mol. The molecule has 1 aliphatic heterocycles. The third-order valence-electron chi connectivity index (χ3n) is 4.93. The molecule has 0 amide bonds. The number of halogens is 1. The lowest BCUT2D eigenvalue weighted by Gasteiger charge is -2.28. The van der Waals surface area contributed by atoms with Crippen molar-refractivity contribution < 1.29 is 13.9 Å². The highest BCUT2D eigenvalue weighted by Crippen LogP contribution is 2.29. The number of ether oxygens (including phenoxy) is 2. The summed E-state index contributed by atoms with van der Waals surface area (Å²) in [6.07, 6.45) is 0. The molecule has 0 aliphatic carbocycles. The van der Waals surface area contributed by atoms with Gasteiger partial charge in [-0.1, -0.05) is 12.1 Å². The Morgan fingerprint density at radius 3 is 2.65 bits per heavy atom. The van der Waals surface area contributed by atoms with Gasteiger partial charge in [-0.3, -0.25) is 0 Å². The molecular formula is C22H21FN6O2. The Kier molecular flexibility index (Phi) is 5.09. The van der Waals surface area contributed by atoms with Crippen LogP contribution in [0.4, 0.5) is 21.8 Å². The lowest BCUT2D eigenvalue weighted by Crippen LogP contribution is -2.37. The topological polar surface area (TPSA) is 88.2 Å². The standard InChI is InChI=1S/C22H21FN6O2/c1-14-3-2-4-16(13-14)24-21-25-18-19(26-21)27-22(31-17-7-5-15(23)6-8-17)28-20(18)29-9-11-30-12-10-29/h2-8,13H,9-12H2,1H3,(H2,24,25,26,27,28). The van der Waals surface area contributed by atoms with Crippen molar-refractivity contribution in [2.24, 2.45) is 0 Å². The molecule has 0 unspecified atom stereocenters. The molecule has 4 aromatic rings. The minimum atomic E-state index is -0.336. The van der Waals surface area contributed by atoms with Gasteiger partial charge in [-0.25, -0.2) is 4.39 Å². The second kappa shape index (κ2) is 8.19. The molecule has 2 aromatic carbocycles. The maximum Gasteiger partial charge on any atom is 0.326 e. The van der Waals surface area contributed by atoms with Crippen molar-refractivity contribution in [3.8, 4) is 11.8 Å². The number of benzene rings is 2. The first-order chi connectivity index (χ1) is 15.1. The third kappa shape index (κ3) is 4.26. The predicted octanol–water partition coefficient (Wildman–Crippen LogP) is 4.17. The van der Waals surface area contributed by atoms with Crippen LogP contribution in [-0.4, -0.2) is 46.2 Å². The van der Waals surface area contributed by atoms with E-state index in [1.807, 2.05) is 31.2 Å². The molecule has 5 rings (SSSR count). The maximum absolute atomic E-state index is 13.2. The normalized spacial score (nSPS) is 14.1. The van der Waals surface area contributed by atoms with E-state index in [0.717, 1.165) is 11.3 Å². The highest BCUT2D eigenvalue weighted by molar-refractivity contribution is 5.86. The van der Waals surface area contributed by atoms with Crippen LogP contribution >= 0.6 is 0 Å². The second-order valence-corrected chi connectivity index (χ2v) is 7.26. The summed E-state index contributed by atoms with van der Waals surface area (Å²) < 4.78 is 24.5. The summed E-state index contributed by atoms with van der Waals surface area (Å²) in [5.74, 6) is 1.36. The number of hydrogen-bond donors (Lipinski definition) is 2. The van der Waals surface area contributed by atoms with Crippen LogP contribution in [-0.2, 0) is 4.74 Å². The summed E-state index contributed by atoms with van der Waals surface area (Å²) in [4.78, 5) is 19.1. The van der Waals surface area contributed by atoms with E-state index in [1.165, 1.54) is 24.3 Å². The maximum atomic E-state index is 13.2. The van der Waals surface area contributed by atoms with E-state index in [2.05, 4.69) is 30.2 Å². The quantitative estimate of drug-likeness (QED) is 0.501. The number of imidazole rings is 1. The average Bonchev–Trinajstić information content (AvgIpc) is 3.17. The van der Waals surface area contributed by atoms with Gasteiger partial charge in [-0.2, -0.15) is 15.0 Å². The van der Waals surface area contributed by atoms with Gasteiger partial charge in [0.2, 0.25) is 5.95 Å². The fourth-order valence-electron chi connectivity index (χ4n) is 3.44. The Morgan fingerprint density at radius 1 is 1.06 bits per heavy atom. The van der Waals surface area contributed by atoms with E-state index in [-0.39, 0.29) is 11.8 Å². The van der Waals surface area contributed by atoms with Crippen LogP contribution in [0.25, 0.3) is 11.2 Å². The molecule has 2 aromatic heterocycles. The molecule has 0 spiro atoms. The van der Waals surface area contributed by atoms with Crippen molar-refractivity contribution in [3.63, 3.8) is 0 Å². The van der Waals surface area contributed by atoms with Gasteiger partial charge in [0.05, 0.1) is 13.2 Å². The Labute approximate surface area is 178 Å². The number of H-pyrrole nitrogens is 1. The van der Waals surface area contributed by atoms with Gasteiger partial charge in [0, 0.05) is 18.8 Å². The van der Waals surface area contributed by atoms with Crippen LogP contribution in [0.1, 0.15) is 5.56 Å².